The van der Waals surface area contributed by atoms with Crippen molar-refractivity contribution in [2.45, 2.75) is 31.6 Å². The van der Waals surface area contributed by atoms with Crippen LogP contribution in [0.25, 0.3) is 0 Å². The molecule has 0 bridgehead atoms. The highest BCUT2D eigenvalue weighted by molar-refractivity contribution is 5.68. The second-order valence-corrected chi connectivity index (χ2v) is 5.49. The van der Waals surface area contributed by atoms with Crippen molar-refractivity contribution >= 4 is 6.09 Å². The molecule has 0 radical (unpaired) electrons. The number of aliphatic hydroxyl groups excluding tert-OH is 1. The molecule has 0 saturated carbocycles. The van der Waals surface area contributed by atoms with Crippen molar-refractivity contribution in [3.63, 3.8) is 0 Å². The quantitative estimate of drug-likeness (QED) is 0.915. The van der Waals surface area contributed by atoms with Gasteiger partial charge >= 0.3 is 6.09 Å². The second kappa shape index (κ2) is 6.62. The number of aryl methyl sites for hydroxylation is 1. The molecule has 3 rings (SSSR count). The molecule has 4 heteroatoms. The minimum atomic E-state index is -0.584. The summed E-state index contributed by atoms with van der Waals surface area (Å²) in [5, 5.41) is 13.0. The van der Waals surface area contributed by atoms with Crippen LogP contribution in [0, 0.1) is 0 Å². The van der Waals surface area contributed by atoms with Gasteiger partial charge in [-0.05, 0) is 29.5 Å². The lowest BCUT2D eigenvalue weighted by Gasteiger charge is -2.30. The Labute approximate surface area is 129 Å². The van der Waals surface area contributed by atoms with E-state index < -0.39 is 18.2 Å². The van der Waals surface area contributed by atoms with Crippen molar-refractivity contribution in [2.75, 3.05) is 0 Å². The standard InChI is InChI=1S/C18H19NO3/c20-16-11-10-14-8-4-5-9-15(14)17(16)19-18(21)22-12-13-6-2-1-3-7-13/h1-9,16-17,20H,10-12H2,(H,19,21)/t16-,17+/m1/s1. The van der Waals surface area contributed by atoms with Gasteiger partial charge in [-0.25, -0.2) is 4.79 Å². The third-order valence-corrected chi connectivity index (χ3v) is 3.97. The van der Waals surface area contributed by atoms with Crippen LogP contribution in [-0.2, 0) is 17.8 Å². The number of hydrogen-bond acceptors (Lipinski definition) is 3. The van der Waals surface area contributed by atoms with Crippen LogP contribution >= 0.6 is 0 Å². The van der Waals surface area contributed by atoms with E-state index in [4.69, 9.17) is 4.74 Å². The molecule has 0 fully saturated rings. The lowest BCUT2D eigenvalue weighted by atomic mass is 9.86. The summed E-state index contributed by atoms with van der Waals surface area (Å²) in [5.74, 6) is 0. The molecular weight excluding hydrogens is 278 g/mol. The smallest absolute Gasteiger partial charge is 0.408 e. The van der Waals surface area contributed by atoms with Gasteiger partial charge in [-0.2, -0.15) is 0 Å². The van der Waals surface area contributed by atoms with Crippen molar-refractivity contribution < 1.29 is 14.6 Å². The predicted octanol–water partition coefficient (Wildman–Crippen LogP) is 2.96. The molecule has 0 heterocycles. The van der Waals surface area contributed by atoms with E-state index in [1.807, 2.05) is 54.6 Å². The summed E-state index contributed by atoms with van der Waals surface area (Å²) in [7, 11) is 0. The fourth-order valence-electron chi connectivity index (χ4n) is 2.81. The minimum Gasteiger partial charge on any atom is -0.445 e. The van der Waals surface area contributed by atoms with E-state index in [2.05, 4.69) is 5.32 Å². The first kappa shape index (κ1) is 14.6. The zero-order chi connectivity index (χ0) is 15.4. The second-order valence-electron chi connectivity index (χ2n) is 5.49. The fraction of sp³-hybridized carbons (Fsp3) is 0.278. The monoisotopic (exact) mass is 297 g/mol. The number of benzene rings is 2. The minimum absolute atomic E-state index is 0.219. The number of nitrogens with one attached hydrogen (secondary N) is 1. The highest BCUT2D eigenvalue weighted by atomic mass is 16.5. The van der Waals surface area contributed by atoms with Crippen LogP contribution in [0.4, 0.5) is 4.79 Å². The number of hydrogen-bond donors (Lipinski definition) is 2. The van der Waals surface area contributed by atoms with Crippen LogP contribution in [0.2, 0.25) is 0 Å². The molecule has 22 heavy (non-hydrogen) atoms. The van der Waals surface area contributed by atoms with E-state index in [9.17, 15) is 9.90 Å². The van der Waals surface area contributed by atoms with E-state index in [1.54, 1.807) is 0 Å². The number of rotatable bonds is 3. The average molecular weight is 297 g/mol. The summed E-state index contributed by atoms with van der Waals surface area (Å²) in [5.41, 5.74) is 3.07. The molecule has 2 aromatic rings. The Bertz CT molecular complexity index is 642. The summed E-state index contributed by atoms with van der Waals surface area (Å²) in [4.78, 5) is 12.0. The lowest BCUT2D eigenvalue weighted by Crippen LogP contribution is -2.39. The fourth-order valence-corrected chi connectivity index (χ4v) is 2.81. The average Bonchev–Trinajstić information content (AvgIpc) is 2.56. The molecule has 2 aromatic carbocycles. The molecule has 1 aliphatic carbocycles. The van der Waals surface area contributed by atoms with Crippen LogP contribution in [0.15, 0.2) is 54.6 Å². The number of aliphatic hydroxyl groups is 1. The van der Waals surface area contributed by atoms with E-state index in [0.29, 0.717) is 6.42 Å². The predicted molar refractivity (Wildman–Crippen MR) is 83.3 cm³/mol. The highest BCUT2D eigenvalue weighted by Gasteiger charge is 2.29. The number of alkyl carbamates (subject to hydrolysis) is 1. The number of ether oxygens (including phenoxy) is 1. The van der Waals surface area contributed by atoms with Gasteiger partial charge in [-0.1, -0.05) is 54.6 Å². The maximum atomic E-state index is 12.0. The molecular formula is C18H19NO3. The number of carbonyl (C=O) groups excluding carboxylic acids is 1. The number of fused-ring (bicyclic) bond motifs is 1. The molecule has 1 aliphatic rings. The van der Waals surface area contributed by atoms with Gasteiger partial charge < -0.3 is 15.2 Å². The zero-order valence-electron chi connectivity index (χ0n) is 12.2. The first-order chi connectivity index (χ1) is 10.7. The van der Waals surface area contributed by atoms with Gasteiger partial charge in [-0.15, -0.1) is 0 Å². The van der Waals surface area contributed by atoms with Crippen molar-refractivity contribution in [1.82, 2.24) is 5.32 Å². The van der Waals surface area contributed by atoms with Gasteiger partial charge in [0.15, 0.2) is 0 Å². The summed E-state index contributed by atoms with van der Waals surface area (Å²) in [6.07, 6.45) is 0.374. The third kappa shape index (κ3) is 3.28. The third-order valence-electron chi connectivity index (χ3n) is 3.97. The Morgan fingerprint density at radius 3 is 2.68 bits per heavy atom. The SMILES string of the molecule is O=C(N[C@H]1c2ccccc2CC[C@H]1O)OCc1ccccc1. The van der Waals surface area contributed by atoms with Crippen LogP contribution < -0.4 is 5.32 Å². The maximum absolute atomic E-state index is 12.0. The molecule has 0 unspecified atom stereocenters. The Morgan fingerprint density at radius 1 is 1.14 bits per heavy atom. The molecule has 0 aliphatic heterocycles. The van der Waals surface area contributed by atoms with Gasteiger partial charge in [0.05, 0.1) is 12.1 Å². The van der Waals surface area contributed by atoms with Crippen LogP contribution in [0.1, 0.15) is 29.2 Å². The largest absolute Gasteiger partial charge is 0.445 e. The molecule has 4 nitrogen and oxygen atoms in total. The van der Waals surface area contributed by atoms with Gasteiger partial charge in [0.25, 0.3) is 0 Å². The Hall–Kier alpha value is -2.33. The summed E-state index contributed by atoms with van der Waals surface area (Å²) >= 11 is 0. The molecule has 2 atom stereocenters. The lowest BCUT2D eigenvalue weighted by molar-refractivity contribution is 0.0917. The normalized spacial score (nSPS) is 20.0. The van der Waals surface area contributed by atoms with Crippen LogP contribution in [0.5, 0.6) is 0 Å². The highest BCUT2D eigenvalue weighted by Crippen LogP contribution is 2.29. The topological polar surface area (TPSA) is 58.6 Å². The van der Waals surface area contributed by atoms with Crippen molar-refractivity contribution in [3.05, 3.63) is 71.3 Å². The van der Waals surface area contributed by atoms with E-state index in [0.717, 1.165) is 17.5 Å². The first-order valence-corrected chi connectivity index (χ1v) is 7.47. The first-order valence-electron chi connectivity index (χ1n) is 7.47. The Morgan fingerprint density at radius 2 is 1.86 bits per heavy atom. The van der Waals surface area contributed by atoms with Crippen LogP contribution in [0.3, 0.4) is 0 Å². The van der Waals surface area contributed by atoms with Crippen LogP contribution in [-0.4, -0.2) is 17.3 Å². The molecule has 0 aromatic heterocycles. The molecule has 1 amide bonds. The van der Waals surface area contributed by atoms with E-state index >= 15 is 0 Å². The van der Waals surface area contributed by atoms with E-state index in [1.165, 1.54) is 5.56 Å². The Balaban J connectivity index is 1.64. The maximum Gasteiger partial charge on any atom is 0.408 e. The van der Waals surface area contributed by atoms with Crippen molar-refractivity contribution in [1.29, 1.82) is 0 Å². The number of carbonyl (C=O) groups is 1. The van der Waals surface area contributed by atoms with Gasteiger partial charge in [-0.3, -0.25) is 0 Å². The van der Waals surface area contributed by atoms with Gasteiger partial charge in [0.2, 0.25) is 0 Å². The molecule has 0 saturated heterocycles. The van der Waals surface area contributed by atoms with Gasteiger partial charge in [0, 0.05) is 0 Å². The Kier molecular flexibility index (Phi) is 4.39. The zero-order valence-corrected chi connectivity index (χ0v) is 12.2. The van der Waals surface area contributed by atoms with Gasteiger partial charge in [0.1, 0.15) is 6.61 Å². The molecule has 114 valence electrons. The van der Waals surface area contributed by atoms with E-state index in [-0.39, 0.29) is 6.61 Å². The molecule has 0 spiro atoms. The van der Waals surface area contributed by atoms with Crippen molar-refractivity contribution in [2.24, 2.45) is 0 Å². The summed E-state index contributed by atoms with van der Waals surface area (Å²) in [6.45, 7) is 0.219. The number of amides is 1. The summed E-state index contributed by atoms with van der Waals surface area (Å²) in [6, 6.07) is 17.0. The molecule has 2 N–H and O–H groups in total. The van der Waals surface area contributed by atoms with Crippen molar-refractivity contribution in [3.8, 4) is 0 Å². The summed E-state index contributed by atoms with van der Waals surface area (Å²) < 4.78 is 5.23.